The van der Waals surface area contributed by atoms with Crippen molar-refractivity contribution in [3.8, 4) is 0 Å². The van der Waals surface area contributed by atoms with Gasteiger partial charge in [0.2, 0.25) is 0 Å². The molecule has 0 aliphatic rings. The second-order valence-electron chi connectivity index (χ2n) is 4.53. The van der Waals surface area contributed by atoms with Crippen LogP contribution in [-0.2, 0) is 12.0 Å². The van der Waals surface area contributed by atoms with Crippen molar-refractivity contribution >= 4 is 27.5 Å². The van der Waals surface area contributed by atoms with Crippen LogP contribution in [0, 0.1) is 0 Å². The van der Waals surface area contributed by atoms with Crippen molar-refractivity contribution in [1.29, 1.82) is 0 Å². The molecule has 1 rings (SSSR count). The van der Waals surface area contributed by atoms with Crippen molar-refractivity contribution in [3.63, 3.8) is 0 Å². The first kappa shape index (κ1) is 13.0. The van der Waals surface area contributed by atoms with Gasteiger partial charge in [-0.2, -0.15) is 5.10 Å². The molecule has 0 aliphatic carbocycles. The zero-order valence-corrected chi connectivity index (χ0v) is 12.1. The Bertz CT molecular complexity index is 331. The first-order valence-electron chi connectivity index (χ1n) is 5.24. The van der Waals surface area contributed by atoms with Crippen LogP contribution in [0.5, 0.6) is 0 Å². The van der Waals surface area contributed by atoms with Gasteiger partial charge >= 0.3 is 0 Å². The highest BCUT2D eigenvalue weighted by molar-refractivity contribution is 9.09. The molecule has 2 nitrogen and oxygen atoms in total. The first-order chi connectivity index (χ1) is 6.88. The molecule has 1 aromatic heterocycles. The molecule has 1 unspecified atom stereocenters. The summed E-state index contributed by atoms with van der Waals surface area (Å²) in [6, 6.07) is 0. The van der Waals surface area contributed by atoms with Gasteiger partial charge in [-0.25, -0.2) is 0 Å². The van der Waals surface area contributed by atoms with Gasteiger partial charge in [-0.05, 0) is 13.3 Å². The molecule has 0 bridgehead atoms. The van der Waals surface area contributed by atoms with Crippen molar-refractivity contribution in [3.05, 3.63) is 16.9 Å². The normalized spacial score (nSPS) is 14.3. The molecule has 0 aliphatic heterocycles. The Kier molecular flexibility index (Phi) is 4.24. The Morgan fingerprint density at radius 2 is 2.20 bits per heavy atom. The summed E-state index contributed by atoms with van der Waals surface area (Å²) in [6.45, 7) is 9.52. The molecule has 0 fully saturated rings. The molecule has 0 spiro atoms. The van der Waals surface area contributed by atoms with Crippen LogP contribution >= 0.6 is 27.5 Å². The minimum Gasteiger partial charge on any atom is -0.268 e. The van der Waals surface area contributed by atoms with Gasteiger partial charge in [-0.1, -0.05) is 48.3 Å². The van der Waals surface area contributed by atoms with Crippen LogP contribution in [0.15, 0.2) is 6.20 Å². The molecule has 0 aromatic carbocycles. The van der Waals surface area contributed by atoms with Crippen LogP contribution in [0.2, 0.25) is 5.02 Å². The molecule has 0 N–H and O–H groups in total. The highest BCUT2D eigenvalue weighted by Crippen LogP contribution is 2.34. The fraction of sp³-hybridized carbons (Fsp3) is 0.727. The van der Waals surface area contributed by atoms with Gasteiger partial charge in [0.25, 0.3) is 0 Å². The lowest BCUT2D eigenvalue weighted by molar-refractivity contribution is 0.431. The second kappa shape index (κ2) is 4.88. The van der Waals surface area contributed by atoms with Crippen molar-refractivity contribution in [1.82, 2.24) is 9.78 Å². The van der Waals surface area contributed by atoms with E-state index in [4.69, 9.17) is 11.6 Å². The first-order valence-corrected chi connectivity index (χ1v) is 6.53. The Balaban J connectivity index is 3.07. The average molecular weight is 294 g/mol. The van der Waals surface area contributed by atoms with Crippen LogP contribution in [0.3, 0.4) is 0 Å². The Hall–Kier alpha value is -0.0200. The van der Waals surface area contributed by atoms with Crippen molar-refractivity contribution < 1.29 is 0 Å². The van der Waals surface area contributed by atoms with Gasteiger partial charge in [0, 0.05) is 16.8 Å². The summed E-state index contributed by atoms with van der Waals surface area (Å²) in [5.41, 5.74) is 1.19. The quantitative estimate of drug-likeness (QED) is 0.767. The van der Waals surface area contributed by atoms with E-state index in [1.54, 1.807) is 6.20 Å². The highest BCUT2D eigenvalue weighted by atomic mass is 79.9. The number of hydrogen-bond donors (Lipinski definition) is 0. The third-order valence-electron chi connectivity index (χ3n) is 2.53. The summed E-state index contributed by atoms with van der Waals surface area (Å²) in [5.74, 6) is 0. The van der Waals surface area contributed by atoms with Crippen molar-refractivity contribution in [2.45, 2.75) is 50.9 Å². The molecule has 15 heavy (non-hydrogen) atoms. The summed E-state index contributed by atoms with van der Waals surface area (Å²) in [4.78, 5) is 0.476. The highest BCUT2D eigenvalue weighted by Gasteiger charge is 2.28. The van der Waals surface area contributed by atoms with Gasteiger partial charge in [0.1, 0.15) is 0 Å². The number of nitrogens with zero attached hydrogens (tertiary/aromatic N) is 2. The number of alkyl halides is 1. The van der Waals surface area contributed by atoms with E-state index < -0.39 is 0 Å². The van der Waals surface area contributed by atoms with Crippen LogP contribution < -0.4 is 0 Å². The maximum atomic E-state index is 6.19. The van der Waals surface area contributed by atoms with Gasteiger partial charge in [-0.3, -0.25) is 4.68 Å². The van der Waals surface area contributed by atoms with E-state index >= 15 is 0 Å². The summed E-state index contributed by atoms with van der Waals surface area (Å²) >= 11 is 9.79. The van der Waals surface area contributed by atoms with Gasteiger partial charge in [0.15, 0.2) is 0 Å². The van der Waals surface area contributed by atoms with Crippen LogP contribution in [-0.4, -0.2) is 14.6 Å². The zero-order valence-electron chi connectivity index (χ0n) is 9.72. The summed E-state index contributed by atoms with van der Waals surface area (Å²) in [5, 5.41) is 5.05. The van der Waals surface area contributed by atoms with Crippen molar-refractivity contribution in [2.75, 3.05) is 0 Å². The zero-order chi connectivity index (χ0) is 11.6. The number of aryl methyl sites for hydroxylation is 1. The maximum Gasteiger partial charge on any atom is 0.0823 e. The number of hydrogen-bond acceptors (Lipinski definition) is 1. The van der Waals surface area contributed by atoms with Gasteiger partial charge < -0.3 is 0 Å². The predicted octanol–water partition coefficient (Wildman–Crippen LogP) is 4.01. The van der Waals surface area contributed by atoms with E-state index in [2.05, 4.69) is 48.7 Å². The van der Waals surface area contributed by atoms with Crippen LogP contribution in [0.25, 0.3) is 0 Å². The fourth-order valence-corrected chi connectivity index (χ4v) is 3.28. The van der Waals surface area contributed by atoms with Crippen LogP contribution in [0.1, 0.15) is 39.8 Å². The third kappa shape index (κ3) is 2.97. The molecule has 86 valence electrons. The molecule has 0 saturated heterocycles. The lowest BCUT2D eigenvalue weighted by atomic mass is 9.84. The van der Waals surface area contributed by atoms with Crippen molar-refractivity contribution in [2.24, 2.45) is 0 Å². The topological polar surface area (TPSA) is 17.8 Å². The summed E-state index contributed by atoms with van der Waals surface area (Å²) in [6.07, 6.45) is 2.78. The Labute approximate surface area is 105 Å². The van der Waals surface area contributed by atoms with Crippen LogP contribution in [0.4, 0.5) is 0 Å². The van der Waals surface area contributed by atoms with Gasteiger partial charge in [0.05, 0.1) is 16.9 Å². The SMILES string of the molecule is CCn1ncc(Cl)c1C(C)(C)CC(C)Br. The van der Waals surface area contributed by atoms with E-state index in [0.717, 1.165) is 23.7 Å². The monoisotopic (exact) mass is 292 g/mol. The number of aromatic nitrogens is 2. The standard InChI is InChI=1S/C11H18BrClN2/c1-5-15-10(9(13)7-14-15)11(3,4)6-8(2)12/h7-8H,5-6H2,1-4H3. The predicted molar refractivity (Wildman–Crippen MR) is 68.9 cm³/mol. The minimum absolute atomic E-state index is 0.0481. The smallest absolute Gasteiger partial charge is 0.0823 e. The lowest BCUT2D eigenvalue weighted by Gasteiger charge is -2.27. The molecule has 0 radical (unpaired) electrons. The number of halogens is 2. The van der Waals surface area contributed by atoms with E-state index in [1.807, 2.05) is 4.68 Å². The molecule has 0 amide bonds. The Morgan fingerprint density at radius 3 is 2.67 bits per heavy atom. The lowest BCUT2D eigenvalue weighted by Crippen LogP contribution is -2.25. The molecule has 4 heteroatoms. The fourth-order valence-electron chi connectivity index (χ4n) is 2.07. The average Bonchev–Trinajstić information content (AvgIpc) is 2.44. The van der Waals surface area contributed by atoms with E-state index in [0.29, 0.717) is 4.83 Å². The summed E-state index contributed by atoms with van der Waals surface area (Å²) < 4.78 is 1.98. The summed E-state index contributed by atoms with van der Waals surface area (Å²) in [7, 11) is 0. The minimum atomic E-state index is 0.0481. The molecular weight excluding hydrogens is 275 g/mol. The second-order valence-corrected chi connectivity index (χ2v) is 6.50. The molecular formula is C11H18BrClN2. The van der Waals surface area contributed by atoms with E-state index in [-0.39, 0.29) is 5.41 Å². The maximum absolute atomic E-state index is 6.19. The van der Waals surface area contributed by atoms with Gasteiger partial charge in [-0.15, -0.1) is 0 Å². The molecule has 0 saturated carbocycles. The molecule has 1 heterocycles. The van der Waals surface area contributed by atoms with E-state index in [9.17, 15) is 0 Å². The molecule has 1 atom stereocenters. The Morgan fingerprint density at radius 1 is 1.60 bits per heavy atom. The largest absolute Gasteiger partial charge is 0.268 e. The van der Waals surface area contributed by atoms with E-state index in [1.165, 1.54) is 0 Å². The third-order valence-corrected chi connectivity index (χ3v) is 3.13. The molecule has 1 aromatic rings. The number of rotatable bonds is 4.